The molecular weight excluding hydrogens is 202 g/mol. The Balaban J connectivity index is 2.32. The summed E-state index contributed by atoms with van der Waals surface area (Å²) in [6, 6.07) is 11.5. The Hall–Kier alpha value is -2.36. The predicted molar refractivity (Wildman–Crippen MR) is 61.0 cm³/mol. The molecule has 0 aliphatic heterocycles. The summed E-state index contributed by atoms with van der Waals surface area (Å²) in [5.41, 5.74) is 1.33. The maximum Gasteiger partial charge on any atom is 0.132 e. The molecule has 0 fully saturated rings. The van der Waals surface area contributed by atoms with Crippen molar-refractivity contribution >= 4 is 10.8 Å². The number of hydrogen-bond donors (Lipinski definition) is 2. The number of nitrogens with one attached hydrogen (secondary N) is 1. The molecule has 1 aromatic heterocycles. The van der Waals surface area contributed by atoms with Crippen molar-refractivity contribution in [3.05, 3.63) is 42.6 Å². The fourth-order valence-corrected chi connectivity index (χ4v) is 1.79. The molecule has 3 rings (SSSR count). The molecule has 0 saturated heterocycles. The highest BCUT2D eigenvalue weighted by Crippen LogP contribution is 2.34. The number of phenols is 1. The fourth-order valence-electron chi connectivity index (χ4n) is 1.79. The van der Waals surface area contributed by atoms with E-state index in [1.807, 2.05) is 36.4 Å². The van der Waals surface area contributed by atoms with Gasteiger partial charge in [-0.2, -0.15) is 15.4 Å². The number of aromatic amines is 1. The van der Waals surface area contributed by atoms with E-state index in [1.54, 1.807) is 6.20 Å². The zero-order chi connectivity index (χ0) is 11.0. The molecule has 2 aromatic carbocycles. The van der Waals surface area contributed by atoms with E-state index in [9.17, 15) is 5.11 Å². The first-order chi connectivity index (χ1) is 7.86. The maximum absolute atomic E-state index is 10.1. The lowest BCUT2D eigenvalue weighted by molar-refractivity contribution is 0.483. The van der Waals surface area contributed by atoms with Crippen LogP contribution in [0.15, 0.2) is 42.6 Å². The molecular formula is C12H9N3O. The number of hydrogen-bond acceptors (Lipinski definition) is 3. The van der Waals surface area contributed by atoms with E-state index in [0.29, 0.717) is 11.3 Å². The largest absolute Gasteiger partial charge is 0.507 e. The summed E-state index contributed by atoms with van der Waals surface area (Å²) < 4.78 is 0. The SMILES string of the molecule is Oc1c(-c2cn[nH]n2)ccc2ccccc12. The average Bonchev–Trinajstić information content (AvgIpc) is 2.83. The molecule has 4 heteroatoms. The molecule has 0 radical (unpaired) electrons. The van der Waals surface area contributed by atoms with Gasteiger partial charge in [0.25, 0.3) is 0 Å². The Morgan fingerprint density at radius 3 is 2.75 bits per heavy atom. The summed E-state index contributed by atoms with van der Waals surface area (Å²) in [5, 5.41) is 22.2. The molecule has 0 atom stereocenters. The monoisotopic (exact) mass is 211 g/mol. The summed E-state index contributed by atoms with van der Waals surface area (Å²) in [7, 11) is 0. The van der Waals surface area contributed by atoms with Crippen LogP contribution in [0.1, 0.15) is 0 Å². The Morgan fingerprint density at radius 1 is 1.06 bits per heavy atom. The van der Waals surface area contributed by atoms with Crippen molar-refractivity contribution < 1.29 is 5.11 Å². The summed E-state index contributed by atoms with van der Waals surface area (Å²) in [5.74, 6) is 0.243. The molecule has 0 spiro atoms. The minimum absolute atomic E-state index is 0.243. The van der Waals surface area contributed by atoms with Crippen LogP contribution in [0.5, 0.6) is 5.75 Å². The number of aromatic hydroxyl groups is 1. The second kappa shape index (κ2) is 3.34. The third-order valence-electron chi connectivity index (χ3n) is 2.59. The van der Waals surface area contributed by atoms with Crippen LogP contribution in [-0.2, 0) is 0 Å². The van der Waals surface area contributed by atoms with Gasteiger partial charge in [0.2, 0.25) is 0 Å². The van der Waals surface area contributed by atoms with Gasteiger partial charge in [-0.3, -0.25) is 0 Å². The predicted octanol–water partition coefficient (Wildman–Crippen LogP) is 2.33. The van der Waals surface area contributed by atoms with Crippen molar-refractivity contribution in [1.82, 2.24) is 15.4 Å². The van der Waals surface area contributed by atoms with Crippen LogP contribution >= 0.6 is 0 Å². The topological polar surface area (TPSA) is 61.8 Å². The quantitative estimate of drug-likeness (QED) is 0.649. The van der Waals surface area contributed by atoms with Crippen molar-refractivity contribution in [3.8, 4) is 17.0 Å². The van der Waals surface area contributed by atoms with Crippen molar-refractivity contribution in [2.24, 2.45) is 0 Å². The Bertz CT molecular complexity index is 632. The highest BCUT2D eigenvalue weighted by atomic mass is 16.3. The van der Waals surface area contributed by atoms with Crippen molar-refractivity contribution in [2.45, 2.75) is 0 Å². The van der Waals surface area contributed by atoms with E-state index in [1.165, 1.54) is 0 Å². The second-order valence-electron chi connectivity index (χ2n) is 3.54. The second-order valence-corrected chi connectivity index (χ2v) is 3.54. The molecule has 0 amide bonds. The number of rotatable bonds is 1. The van der Waals surface area contributed by atoms with E-state index in [2.05, 4.69) is 15.4 Å². The number of fused-ring (bicyclic) bond motifs is 1. The summed E-state index contributed by atoms with van der Waals surface area (Å²) in [4.78, 5) is 0. The van der Waals surface area contributed by atoms with Gasteiger partial charge in [0.15, 0.2) is 0 Å². The third kappa shape index (κ3) is 1.24. The van der Waals surface area contributed by atoms with Gasteiger partial charge in [-0.05, 0) is 11.5 Å². The summed E-state index contributed by atoms with van der Waals surface area (Å²) >= 11 is 0. The van der Waals surface area contributed by atoms with E-state index in [4.69, 9.17) is 0 Å². The minimum Gasteiger partial charge on any atom is -0.507 e. The summed E-state index contributed by atoms with van der Waals surface area (Å²) in [6.07, 6.45) is 1.59. The summed E-state index contributed by atoms with van der Waals surface area (Å²) in [6.45, 7) is 0. The molecule has 0 saturated carbocycles. The first-order valence-electron chi connectivity index (χ1n) is 4.93. The van der Waals surface area contributed by atoms with E-state index >= 15 is 0 Å². The standard InChI is InChI=1S/C12H9N3O/c16-12-9-4-2-1-3-8(9)5-6-10(12)11-7-13-15-14-11/h1-7,16H,(H,13,14,15). The van der Waals surface area contributed by atoms with Crippen LogP contribution in [0.25, 0.3) is 22.0 Å². The van der Waals surface area contributed by atoms with Crippen LogP contribution in [0.4, 0.5) is 0 Å². The number of H-pyrrole nitrogens is 1. The molecule has 0 unspecified atom stereocenters. The van der Waals surface area contributed by atoms with Crippen LogP contribution < -0.4 is 0 Å². The lowest BCUT2D eigenvalue weighted by atomic mass is 10.0. The first-order valence-corrected chi connectivity index (χ1v) is 4.93. The van der Waals surface area contributed by atoms with Gasteiger partial charge < -0.3 is 5.11 Å². The molecule has 0 bridgehead atoms. The Labute approximate surface area is 91.5 Å². The van der Waals surface area contributed by atoms with Gasteiger partial charge >= 0.3 is 0 Å². The van der Waals surface area contributed by atoms with Crippen LogP contribution in [0.3, 0.4) is 0 Å². The molecule has 3 aromatic rings. The van der Waals surface area contributed by atoms with Crippen LogP contribution in [0, 0.1) is 0 Å². The zero-order valence-electron chi connectivity index (χ0n) is 8.38. The molecule has 1 heterocycles. The van der Waals surface area contributed by atoms with Gasteiger partial charge in [-0.25, -0.2) is 0 Å². The van der Waals surface area contributed by atoms with E-state index < -0.39 is 0 Å². The molecule has 0 aliphatic rings. The number of phenolic OH excluding ortho intramolecular Hbond substituents is 1. The average molecular weight is 211 g/mol. The maximum atomic E-state index is 10.1. The first kappa shape index (κ1) is 8.91. The van der Waals surface area contributed by atoms with Gasteiger partial charge in [0.1, 0.15) is 11.4 Å². The minimum atomic E-state index is 0.243. The molecule has 16 heavy (non-hydrogen) atoms. The lowest BCUT2D eigenvalue weighted by Crippen LogP contribution is -1.81. The van der Waals surface area contributed by atoms with Gasteiger partial charge in [-0.1, -0.05) is 30.3 Å². The van der Waals surface area contributed by atoms with Crippen LogP contribution in [0.2, 0.25) is 0 Å². The molecule has 78 valence electrons. The lowest BCUT2D eigenvalue weighted by Gasteiger charge is -2.04. The van der Waals surface area contributed by atoms with Gasteiger partial charge in [0, 0.05) is 10.9 Å². The van der Waals surface area contributed by atoms with E-state index in [-0.39, 0.29) is 5.75 Å². The fraction of sp³-hybridized carbons (Fsp3) is 0. The number of aromatic nitrogens is 3. The van der Waals surface area contributed by atoms with E-state index in [0.717, 1.165) is 10.8 Å². The highest BCUT2D eigenvalue weighted by Gasteiger charge is 2.09. The van der Waals surface area contributed by atoms with Gasteiger partial charge in [-0.15, -0.1) is 0 Å². The number of nitrogens with zero attached hydrogens (tertiary/aromatic N) is 2. The normalized spacial score (nSPS) is 10.8. The zero-order valence-corrected chi connectivity index (χ0v) is 8.38. The highest BCUT2D eigenvalue weighted by molar-refractivity contribution is 5.93. The van der Waals surface area contributed by atoms with Gasteiger partial charge in [0.05, 0.1) is 6.20 Å². The van der Waals surface area contributed by atoms with Crippen LogP contribution in [-0.4, -0.2) is 20.5 Å². The Kier molecular flexibility index (Phi) is 1.86. The molecule has 4 nitrogen and oxygen atoms in total. The molecule has 0 aliphatic carbocycles. The van der Waals surface area contributed by atoms with Crippen molar-refractivity contribution in [2.75, 3.05) is 0 Å². The smallest absolute Gasteiger partial charge is 0.132 e. The van der Waals surface area contributed by atoms with Crippen molar-refractivity contribution in [3.63, 3.8) is 0 Å². The van der Waals surface area contributed by atoms with Crippen molar-refractivity contribution in [1.29, 1.82) is 0 Å². The Morgan fingerprint density at radius 2 is 1.94 bits per heavy atom. The molecule has 2 N–H and O–H groups in total. The third-order valence-corrected chi connectivity index (χ3v) is 2.59. The number of benzene rings is 2.